The van der Waals surface area contributed by atoms with Crippen LogP contribution in [0.25, 0.3) is 0 Å². The number of benzene rings is 2. The van der Waals surface area contributed by atoms with E-state index >= 15 is 0 Å². The Bertz CT molecular complexity index is 954. The van der Waals surface area contributed by atoms with E-state index in [1.54, 1.807) is 4.90 Å². The lowest BCUT2D eigenvalue weighted by atomic mass is 9.92. The van der Waals surface area contributed by atoms with Gasteiger partial charge in [0, 0.05) is 6.54 Å². The molecule has 29 heavy (non-hydrogen) atoms. The van der Waals surface area contributed by atoms with Gasteiger partial charge >= 0.3 is 0 Å². The minimum atomic E-state index is -0.678. The van der Waals surface area contributed by atoms with Crippen LogP contribution in [-0.4, -0.2) is 43.2 Å². The topological polar surface area (TPSA) is 62.6 Å². The maximum Gasteiger partial charge on any atom is 0.256 e. The van der Waals surface area contributed by atoms with Gasteiger partial charge in [-0.05, 0) is 67.1 Å². The molecule has 0 N–H and O–H groups in total. The molecule has 1 atom stereocenters. The van der Waals surface area contributed by atoms with E-state index in [4.69, 9.17) is 14.7 Å². The molecule has 2 aromatic rings. The summed E-state index contributed by atoms with van der Waals surface area (Å²) < 4.78 is 25.9. The van der Waals surface area contributed by atoms with Crippen LogP contribution in [-0.2, 0) is 17.6 Å². The van der Waals surface area contributed by atoms with Gasteiger partial charge in [0.25, 0.3) is 5.91 Å². The number of aryl methyl sites for hydroxylation is 2. The Morgan fingerprint density at radius 2 is 2.03 bits per heavy atom. The van der Waals surface area contributed by atoms with E-state index in [9.17, 15) is 9.18 Å². The van der Waals surface area contributed by atoms with E-state index < -0.39 is 11.7 Å². The van der Waals surface area contributed by atoms with Crippen molar-refractivity contribution in [3.05, 3.63) is 64.5 Å². The lowest BCUT2D eigenvalue weighted by Gasteiger charge is -2.33. The van der Waals surface area contributed by atoms with E-state index in [1.165, 1.54) is 36.1 Å². The van der Waals surface area contributed by atoms with Crippen LogP contribution < -0.4 is 4.74 Å². The number of nitriles is 1. The second kappa shape index (κ2) is 8.62. The molecule has 4 rings (SSSR count). The fraction of sp³-hybridized carbons (Fsp3) is 0.391. The Hall–Kier alpha value is -2.91. The molecule has 0 aromatic heterocycles. The molecular formula is C23H23FN2O3. The number of rotatable bonds is 4. The van der Waals surface area contributed by atoms with Crippen molar-refractivity contribution in [3.63, 3.8) is 0 Å². The van der Waals surface area contributed by atoms with Gasteiger partial charge in [-0.25, -0.2) is 4.39 Å². The molecule has 1 aliphatic heterocycles. The molecule has 0 bridgehead atoms. The Morgan fingerprint density at radius 3 is 2.83 bits per heavy atom. The number of morpholine rings is 1. The molecule has 1 fully saturated rings. The van der Waals surface area contributed by atoms with Gasteiger partial charge in [0.2, 0.25) is 0 Å². The van der Waals surface area contributed by atoms with E-state index in [2.05, 4.69) is 12.1 Å². The third-order valence-electron chi connectivity index (χ3n) is 5.51. The average Bonchev–Trinajstić information content (AvgIpc) is 2.77. The number of amides is 1. The van der Waals surface area contributed by atoms with Crippen LogP contribution in [0.1, 0.15) is 39.9 Å². The highest BCUT2D eigenvalue weighted by Crippen LogP contribution is 2.25. The van der Waals surface area contributed by atoms with Crippen molar-refractivity contribution in [2.75, 3.05) is 26.3 Å². The molecular weight excluding hydrogens is 371 g/mol. The zero-order chi connectivity index (χ0) is 20.2. The maximum absolute atomic E-state index is 14.2. The molecule has 6 heteroatoms. The molecule has 1 saturated heterocycles. The normalized spacial score (nSPS) is 18.6. The molecule has 5 nitrogen and oxygen atoms in total. The molecule has 1 aliphatic carbocycles. The zero-order valence-corrected chi connectivity index (χ0v) is 16.2. The number of hydrogen-bond acceptors (Lipinski definition) is 4. The minimum absolute atomic E-state index is 0.0275. The largest absolute Gasteiger partial charge is 0.491 e. The Balaban J connectivity index is 1.37. The predicted molar refractivity (Wildman–Crippen MR) is 105 cm³/mol. The first-order valence-corrected chi connectivity index (χ1v) is 9.99. The fourth-order valence-corrected chi connectivity index (χ4v) is 3.92. The monoisotopic (exact) mass is 394 g/mol. The van der Waals surface area contributed by atoms with Crippen LogP contribution in [0.3, 0.4) is 0 Å². The van der Waals surface area contributed by atoms with Crippen molar-refractivity contribution in [2.45, 2.75) is 31.8 Å². The van der Waals surface area contributed by atoms with Crippen LogP contribution in [0.5, 0.6) is 5.75 Å². The summed E-state index contributed by atoms with van der Waals surface area (Å²) in [5.41, 5.74) is 2.92. The van der Waals surface area contributed by atoms with Crippen molar-refractivity contribution in [3.8, 4) is 11.8 Å². The number of ether oxygens (including phenoxy) is 2. The summed E-state index contributed by atoms with van der Waals surface area (Å²) in [7, 11) is 0. The highest BCUT2D eigenvalue weighted by molar-refractivity contribution is 5.94. The van der Waals surface area contributed by atoms with E-state index in [1.807, 2.05) is 12.1 Å². The smallest absolute Gasteiger partial charge is 0.256 e. The quantitative estimate of drug-likeness (QED) is 0.796. The number of hydrogen-bond donors (Lipinski definition) is 0. The van der Waals surface area contributed by atoms with Crippen molar-refractivity contribution in [1.29, 1.82) is 5.26 Å². The summed E-state index contributed by atoms with van der Waals surface area (Å²) in [6.07, 6.45) is 4.40. The summed E-state index contributed by atoms with van der Waals surface area (Å²) in [5.74, 6) is -0.257. The first-order chi connectivity index (χ1) is 14.1. The van der Waals surface area contributed by atoms with Crippen molar-refractivity contribution >= 4 is 5.91 Å². The predicted octanol–water partition coefficient (Wildman–Crippen LogP) is 3.50. The molecule has 1 amide bonds. The van der Waals surface area contributed by atoms with Crippen LogP contribution in [0.4, 0.5) is 4.39 Å². The standard InChI is InChI=1S/C23H23FN2O3/c24-22-11-16(13-25)5-8-21(22)23(27)26-9-10-28-20(14-26)15-29-19-7-6-17-3-1-2-4-18(17)12-19/h5-8,11-12,20H,1-4,9-10,14-15H2. The number of fused-ring (bicyclic) bond motifs is 1. The van der Waals surface area contributed by atoms with Gasteiger partial charge < -0.3 is 14.4 Å². The van der Waals surface area contributed by atoms with Gasteiger partial charge in [0.05, 0.1) is 30.3 Å². The highest BCUT2D eigenvalue weighted by Gasteiger charge is 2.27. The third kappa shape index (κ3) is 4.41. The first kappa shape index (κ1) is 19.4. The second-order valence-electron chi connectivity index (χ2n) is 7.50. The third-order valence-corrected chi connectivity index (χ3v) is 5.51. The fourth-order valence-electron chi connectivity index (χ4n) is 3.92. The van der Waals surface area contributed by atoms with Crippen LogP contribution in [0.15, 0.2) is 36.4 Å². The Labute approximate surface area is 169 Å². The molecule has 0 radical (unpaired) electrons. The molecule has 150 valence electrons. The molecule has 2 aliphatic rings. The van der Waals surface area contributed by atoms with E-state index in [0.717, 1.165) is 24.7 Å². The van der Waals surface area contributed by atoms with Gasteiger partial charge in [-0.2, -0.15) is 5.26 Å². The van der Waals surface area contributed by atoms with Gasteiger partial charge in [-0.15, -0.1) is 0 Å². The lowest BCUT2D eigenvalue weighted by molar-refractivity contribution is -0.0402. The molecule has 1 heterocycles. The molecule has 2 aromatic carbocycles. The van der Waals surface area contributed by atoms with Crippen LogP contribution >= 0.6 is 0 Å². The summed E-state index contributed by atoms with van der Waals surface area (Å²) in [6, 6.07) is 12.0. The lowest BCUT2D eigenvalue weighted by Crippen LogP contribution is -2.47. The second-order valence-corrected chi connectivity index (χ2v) is 7.50. The molecule has 1 unspecified atom stereocenters. The number of nitrogens with zero attached hydrogens (tertiary/aromatic N) is 2. The Morgan fingerprint density at radius 1 is 1.21 bits per heavy atom. The summed E-state index contributed by atoms with van der Waals surface area (Å²) in [6.45, 7) is 1.44. The van der Waals surface area contributed by atoms with Gasteiger partial charge in [-0.3, -0.25) is 4.79 Å². The highest BCUT2D eigenvalue weighted by atomic mass is 19.1. The van der Waals surface area contributed by atoms with Crippen molar-refractivity contribution in [1.82, 2.24) is 4.90 Å². The van der Waals surface area contributed by atoms with Crippen LogP contribution in [0.2, 0.25) is 0 Å². The number of halogens is 1. The SMILES string of the molecule is N#Cc1ccc(C(=O)N2CCOC(COc3ccc4c(c3)CCCC4)C2)c(F)c1. The molecule has 0 saturated carbocycles. The number of carbonyl (C=O) groups excluding carboxylic acids is 1. The number of carbonyl (C=O) groups is 1. The summed E-state index contributed by atoms with van der Waals surface area (Å²) in [4.78, 5) is 14.3. The average molecular weight is 394 g/mol. The zero-order valence-electron chi connectivity index (χ0n) is 16.2. The van der Waals surface area contributed by atoms with Crippen molar-refractivity contribution in [2.24, 2.45) is 0 Å². The Kier molecular flexibility index (Phi) is 5.77. The summed E-state index contributed by atoms with van der Waals surface area (Å²) in [5, 5.41) is 8.85. The van der Waals surface area contributed by atoms with Crippen LogP contribution in [0, 0.1) is 17.1 Å². The molecule has 0 spiro atoms. The van der Waals surface area contributed by atoms with E-state index in [0.29, 0.717) is 26.3 Å². The van der Waals surface area contributed by atoms with E-state index in [-0.39, 0.29) is 17.2 Å². The van der Waals surface area contributed by atoms with Crippen molar-refractivity contribution < 1.29 is 18.7 Å². The summed E-state index contributed by atoms with van der Waals surface area (Å²) >= 11 is 0. The van der Waals surface area contributed by atoms with Gasteiger partial charge in [-0.1, -0.05) is 6.07 Å². The first-order valence-electron chi connectivity index (χ1n) is 9.99. The van der Waals surface area contributed by atoms with Gasteiger partial charge in [0.1, 0.15) is 24.3 Å². The van der Waals surface area contributed by atoms with Gasteiger partial charge in [0.15, 0.2) is 0 Å². The minimum Gasteiger partial charge on any atom is -0.491 e. The maximum atomic E-state index is 14.2.